The molecule has 3 heteroatoms. The standard InChI is InChI=1S/C23H28ClNO.C3H8/c1-7-10-11-19(14-20-15-25-23(24)13-16(20)4)21(8-2)17(5)12-18(6)22(26)9-3;1-3-2/h8,10-15H,6-7,9H2,1-5H3;3H2,1-2H3/b11-10+,17-12-,19-14+,21-8+;. The highest BCUT2D eigenvalue weighted by atomic mass is 35.5. The van der Waals surface area contributed by atoms with E-state index < -0.39 is 0 Å². The molecule has 158 valence electrons. The number of ketones is 1. The van der Waals surface area contributed by atoms with E-state index in [1.54, 1.807) is 6.20 Å². The maximum absolute atomic E-state index is 11.9. The summed E-state index contributed by atoms with van der Waals surface area (Å²) in [7, 11) is 0. The van der Waals surface area contributed by atoms with E-state index in [0.717, 1.165) is 34.3 Å². The third kappa shape index (κ3) is 9.71. The van der Waals surface area contributed by atoms with Crippen LogP contribution in [0.15, 0.2) is 65.4 Å². The zero-order valence-corrected chi connectivity index (χ0v) is 19.9. The normalized spacial score (nSPS) is 12.6. The Morgan fingerprint density at radius 2 is 1.86 bits per heavy atom. The first-order valence-electron chi connectivity index (χ1n) is 10.3. The Labute approximate surface area is 182 Å². The number of allylic oxidation sites excluding steroid dienone is 8. The van der Waals surface area contributed by atoms with Crippen LogP contribution in [-0.4, -0.2) is 10.8 Å². The molecule has 0 aliphatic heterocycles. The van der Waals surface area contributed by atoms with Crippen LogP contribution in [0.3, 0.4) is 0 Å². The van der Waals surface area contributed by atoms with Crippen LogP contribution in [0.2, 0.25) is 5.15 Å². The van der Waals surface area contributed by atoms with Gasteiger partial charge >= 0.3 is 0 Å². The summed E-state index contributed by atoms with van der Waals surface area (Å²) in [4.78, 5) is 16.0. The number of Topliss-reactive ketones (excluding diaryl/α,β-unsaturated/α-hetero) is 1. The van der Waals surface area contributed by atoms with Crippen molar-refractivity contribution in [3.63, 3.8) is 0 Å². The number of hydrogen-bond donors (Lipinski definition) is 0. The van der Waals surface area contributed by atoms with Crippen molar-refractivity contribution >= 4 is 23.5 Å². The van der Waals surface area contributed by atoms with Crippen molar-refractivity contribution in [1.82, 2.24) is 4.98 Å². The molecule has 1 rings (SSSR count). The van der Waals surface area contributed by atoms with Gasteiger partial charge in [0, 0.05) is 18.2 Å². The minimum Gasteiger partial charge on any atom is -0.294 e. The summed E-state index contributed by atoms with van der Waals surface area (Å²) >= 11 is 5.97. The van der Waals surface area contributed by atoms with Gasteiger partial charge in [0.05, 0.1) is 0 Å². The van der Waals surface area contributed by atoms with Crippen LogP contribution in [0.1, 0.15) is 71.9 Å². The lowest BCUT2D eigenvalue weighted by Gasteiger charge is -2.12. The molecule has 1 heterocycles. The summed E-state index contributed by atoms with van der Waals surface area (Å²) in [5, 5.41) is 0.488. The predicted molar refractivity (Wildman–Crippen MR) is 129 cm³/mol. The molecule has 29 heavy (non-hydrogen) atoms. The minimum atomic E-state index is 0.0622. The smallest absolute Gasteiger partial charge is 0.162 e. The van der Waals surface area contributed by atoms with E-state index in [2.05, 4.69) is 56.6 Å². The van der Waals surface area contributed by atoms with E-state index in [1.165, 1.54) is 6.42 Å². The highest BCUT2D eigenvalue weighted by molar-refractivity contribution is 6.29. The summed E-state index contributed by atoms with van der Waals surface area (Å²) in [6.07, 6.45) is 14.7. The van der Waals surface area contributed by atoms with Gasteiger partial charge in [-0.2, -0.15) is 0 Å². The van der Waals surface area contributed by atoms with E-state index >= 15 is 0 Å². The van der Waals surface area contributed by atoms with Gasteiger partial charge in [-0.1, -0.05) is 70.5 Å². The monoisotopic (exact) mass is 413 g/mol. The van der Waals surface area contributed by atoms with Gasteiger partial charge in [0.15, 0.2) is 5.78 Å². The molecule has 0 bridgehead atoms. The molecule has 0 radical (unpaired) electrons. The Balaban J connectivity index is 0.00000245. The van der Waals surface area contributed by atoms with Crippen LogP contribution in [-0.2, 0) is 4.79 Å². The second-order valence-electron chi connectivity index (χ2n) is 6.81. The van der Waals surface area contributed by atoms with Crippen molar-refractivity contribution in [3.8, 4) is 0 Å². The van der Waals surface area contributed by atoms with E-state index in [1.807, 2.05) is 39.8 Å². The molecule has 0 spiro atoms. The number of aryl methyl sites for hydroxylation is 1. The van der Waals surface area contributed by atoms with Gasteiger partial charge in [-0.25, -0.2) is 4.98 Å². The van der Waals surface area contributed by atoms with Crippen LogP contribution in [0.25, 0.3) is 6.08 Å². The van der Waals surface area contributed by atoms with Crippen LogP contribution in [0.4, 0.5) is 0 Å². The topological polar surface area (TPSA) is 30.0 Å². The minimum absolute atomic E-state index is 0.0622. The molecular weight excluding hydrogens is 378 g/mol. The van der Waals surface area contributed by atoms with Gasteiger partial charge in [-0.05, 0) is 73.3 Å². The number of rotatable bonds is 8. The third-order valence-electron chi connectivity index (χ3n) is 4.06. The molecule has 0 atom stereocenters. The summed E-state index contributed by atoms with van der Waals surface area (Å²) in [5.41, 5.74) is 5.75. The number of aromatic nitrogens is 1. The highest BCUT2D eigenvalue weighted by Crippen LogP contribution is 2.26. The summed E-state index contributed by atoms with van der Waals surface area (Å²) in [5.74, 6) is 0.0622. The first-order chi connectivity index (χ1) is 13.7. The Hall–Kier alpha value is -2.19. The molecule has 0 aliphatic carbocycles. The maximum atomic E-state index is 11.9. The Morgan fingerprint density at radius 3 is 2.34 bits per heavy atom. The molecule has 0 saturated heterocycles. The van der Waals surface area contributed by atoms with E-state index in [0.29, 0.717) is 17.1 Å². The molecule has 1 aromatic heterocycles. The lowest BCUT2D eigenvalue weighted by Crippen LogP contribution is -1.98. The molecule has 0 saturated carbocycles. The number of carbonyl (C=O) groups excluding carboxylic acids is 1. The van der Waals surface area contributed by atoms with Gasteiger partial charge in [0.1, 0.15) is 5.15 Å². The van der Waals surface area contributed by atoms with Crippen LogP contribution in [0, 0.1) is 6.92 Å². The predicted octanol–water partition coefficient (Wildman–Crippen LogP) is 8.24. The zero-order valence-electron chi connectivity index (χ0n) is 19.1. The number of pyridine rings is 1. The van der Waals surface area contributed by atoms with Crippen molar-refractivity contribution in [2.45, 2.75) is 67.7 Å². The fourth-order valence-corrected chi connectivity index (χ4v) is 2.79. The van der Waals surface area contributed by atoms with Gasteiger partial charge in [-0.15, -0.1) is 0 Å². The average molecular weight is 414 g/mol. The van der Waals surface area contributed by atoms with Gasteiger partial charge in [0.25, 0.3) is 0 Å². The molecule has 2 nitrogen and oxygen atoms in total. The van der Waals surface area contributed by atoms with Gasteiger partial charge in [-0.3, -0.25) is 4.79 Å². The first-order valence-corrected chi connectivity index (χ1v) is 10.7. The lowest BCUT2D eigenvalue weighted by atomic mass is 9.93. The highest BCUT2D eigenvalue weighted by Gasteiger charge is 2.09. The summed E-state index contributed by atoms with van der Waals surface area (Å²) in [6, 6.07) is 1.86. The van der Waals surface area contributed by atoms with Crippen molar-refractivity contribution < 1.29 is 4.79 Å². The summed E-state index contributed by atoms with van der Waals surface area (Å²) in [6.45, 7) is 18.1. The van der Waals surface area contributed by atoms with Gasteiger partial charge < -0.3 is 0 Å². The van der Waals surface area contributed by atoms with Crippen LogP contribution in [0.5, 0.6) is 0 Å². The molecule has 1 aromatic rings. The second kappa shape index (κ2) is 14.8. The third-order valence-corrected chi connectivity index (χ3v) is 4.26. The Bertz CT molecular complexity index is 810. The van der Waals surface area contributed by atoms with E-state index in [9.17, 15) is 4.79 Å². The van der Waals surface area contributed by atoms with Crippen LogP contribution < -0.4 is 0 Å². The fraction of sp³-hybridized carbons (Fsp3) is 0.385. The number of carbonyl (C=O) groups is 1. The van der Waals surface area contributed by atoms with Crippen molar-refractivity contribution in [1.29, 1.82) is 0 Å². The number of halogens is 1. The van der Waals surface area contributed by atoms with E-state index in [4.69, 9.17) is 11.6 Å². The van der Waals surface area contributed by atoms with Crippen LogP contribution >= 0.6 is 11.6 Å². The summed E-state index contributed by atoms with van der Waals surface area (Å²) < 4.78 is 0. The molecule has 0 N–H and O–H groups in total. The Morgan fingerprint density at radius 1 is 1.24 bits per heavy atom. The largest absolute Gasteiger partial charge is 0.294 e. The van der Waals surface area contributed by atoms with Crippen molar-refractivity contribution in [2.75, 3.05) is 0 Å². The molecule has 0 amide bonds. The van der Waals surface area contributed by atoms with Crippen molar-refractivity contribution in [2.24, 2.45) is 0 Å². The molecule has 0 fully saturated rings. The average Bonchev–Trinajstić information content (AvgIpc) is 2.68. The molecule has 0 aliphatic rings. The number of hydrogen-bond acceptors (Lipinski definition) is 2. The van der Waals surface area contributed by atoms with Gasteiger partial charge in [0.2, 0.25) is 0 Å². The SMILES string of the molecule is C=C(\C=C(C)/C(=C\C)C(/C=C/CC)=C/c1cnc(Cl)cc1C)C(=O)CC.CCC. The maximum Gasteiger partial charge on any atom is 0.162 e. The number of nitrogens with zero attached hydrogens (tertiary/aromatic N) is 1. The fourth-order valence-electron chi connectivity index (χ4n) is 2.58. The second-order valence-corrected chi connectivity index (χ2v) is 7.20. The lowest BCUT2D eigenvalue weighted by molar-refractivity contribution is -0.114. The molecule has 0 unspecified atom stereocenters. The van der Waals surface area contributed by atoms with Crippen molar-refractivity contribution in [3.05, 3.63) is 81.7 Å². The molecular formula is C26H36ClNO. The quantitative estimate of drug-likeness (QED) is 0.244. The first kappa shape index (κ1) is 26.8. The van der Waals surface area contributed by atoms with E-state index in [-0.39, 0.29) is 5.78 Å². The molecule has 0 aromatic carbocycles. The Kier molecular flexibility index (Phi) is 13.6. The zero-order chi connectivity index (χ0) is 22.4.